The zero-order chi connectivity index (χ0) is 12.3. The molecule has 1 nitrogen and oxygen atoms in total. The van der Waals surface area contributed by atoms with Crippen molar-refractivity contribution in [3.05, 3.63) is 71.3 Å². The maximum Gasteiger partial charge on any atom is 0.0599 e. The second-order valence-corrected chi connectivity index (χ2v) is 4.63. The molecule has 0 radical (unpaired) electrons. The standard InChI is InChI=1S/C16H19N/c1-13-9-7-8-12-15(13)16(17(2)3)14-10-5-4-6-11-14/h4-12,16H,1-3H3/i16+1. The predicted octanol–water partition coefficient (Wildman–Crippen LogP) is 3.65. The van der Waals surface area contributed by atoms with Gasteiger partial charge in [-0.25, -0.2) is 0 Å². The third-order valence-corrected chi connectivity index (χ3v) is 3.11. The summed E-state index contributed by atoms with van der Waals surface area (Å²) < 4.78 is 0. The second-order valence-electron chi connectivity index (χ2n) is 4.63. The van der Waals surface area contributed by atoms with Crippen LogP contribution in [-0.4, -0.2) is 19.0 Å². The SMILES string of the molecule is Cc1ccccc1[13CH](c1ccccc1)N(C)C. The van der Waals surface area contributed by atoms with Crippen molar-refractivity contribution in [2.24, 2.45) is 0 Å². The molecule has 0 bridgehead atoms. The Bertz CT molecular complexity index is 474. The van der Waals surface area contributed by atoms with Crippen LogP contribution in [0.2, 0.25) is 0 Å². The van der Waals surface area contributed by atoms with Gasteiger partial charge in [0.25, 0.3) is 0 Å². The summed E-state index contributed by atoms with van der Waals surface area (Å²) in [5, 5.41) is 0. The zero-order valence-electron chi connectivity index (χ0n) is 10.7. The highest BCUT2D eigenvalue weighted by molar-refractivity contribution is 5.36. The molecule has 0 amide bonds. The van der Waals surface area contributed by atoms with E-state index in [1.807, 2.05) is 0 Å². The first-order valence-corrected chi connectivity index (χ1v) is 5.97. The first-order valence-electron chi connectivity index (χ1n) is 5.97. The Hall–Kier alpha value is -1.60. The summed E-state index contributed by atoms with van der Waals surface area (Å²) in [6, 6.07) is 19.6. The fourth-order valence-electron chi connectivity index (χ4n) is 2.28. The summed E-state index contributed by atoms with van der Waals surface area (Å²) in [6.45, 7) is 2.18. The van der Waals surface area contributed by atoms with Crippen LogP contribution in [0.1, 0.15) is 22.7 Å². The minimum Gasteiger partial charge on any atom is -0.299 e. The van der Waals surface area contributed by atoms with E-state index in [0.717, 1.165) is 0 Å². The van der Waals surface area contributed by atoms with Crippen molar-refractivity contribution in [2.75, 3.05) is 14.1 Å². The zero-order valence-corrected chi connectivity index (χ0v) is 10.7. The molecule has 0 fully saturated rings. The second kappa shape index (κ2) is 5.15. The third kappa shape index (κ3) is 2.56. The molecule has 0 heterocycles. The van der Waals surface area contributed by atoms with Crippen molar-refractivity contribution < 1.29 is 0 Å². The molecule has 2 aromatic rings. The van der Waals surface area contributed by atoms with Gasteiger partial charge in [0.05, 0.1) is 6.04 Å². The fourth-order valence-corrected chi connectivity index (χ4v) is 2.28. The molecule has 2 aromatic carbocycles. The molecule has 0 aliphatic carbocycles. The van der Waals surface area contributed by atoms with Crippen LogP contribution in [0.15, 0.2) is 54.6 Å². The Kier molecular flexibility index (Phi) is 3.60. The van der Waals surface area contributed by atoms with Gasteiger partial charge >= 0.3 is 0 Å². The van der Waals surface area contributed by atoms with Crippen LogP contribution in [0.3, 0.4) is 0 Å². The highest BCUT2D eigenvalue weighted by Crippen LogP contribution is 2.28. The van der Waals surface area contributed by atoms with Crippen molar-refractivity contribution in [3.63, 3.8) is 0 Å². The molecule has 1 atom stereocenters. The van der Waals surface area contributed by atoms with E-state index in [9.17, 15) is 0 Å². The Morgan fingerprint density at radius 1 is 0.824 bits per heavy atom. The van der Waals surface area contributed by atoms with Gasteiger partial charge in [-0.05, 0) is 37.7 Å². The summed E-state index contributed by atoms with van der Waals surface area (Å²) in [5.74, 6) is 0. The van der Waals surface area contributed by atoms with E-state index in [-0.39, 0.29) is 0 Å². The van der Waals surface area contributed by atoms with Crippen LogP contribution in [0.25, 0.3) is 0 Å². The molecule has 0 saturated heterocycles. The molecule has 88 valence electrons. The minimum absolute atomic E-state index is 0.331. The molecule has 0 spiro atoms. The quantitative estimate of drug-likeness (QED) is 0.722. The lowest BCUT2D eigenvalue weighted by Crippen LogP contribution is -2.21. The average molecular weight is 226 g/mol. The average Bonchev–Trinajstić information content (AvgIpc) is 2.33. The van der Waals surface area contributed by atoms with Gasteiger partial charge in [0, 0.05) is 0 Å². The smallest absolute Gasteiger partial charge is 0.0599 e. The molecular formula is C16H19N. The van der Waals surface area contributed by atoms with Gasteiger partial charge in [0.15, 0.2) is 0 Å². The van der Waals surface area contributed by atoms with E-state index >= 15 is 0 Å². The molecule has 0 aliphatic rings. The number of hydrogen-bond donors (Lipinski definition) is 0. The van der Waals surface area contributed by atoms with Crippen molar-refractivity contribution in [1.29, 1.82) is 0 Å². The van der Waals surface area contributed by atoms with Gasteiger partial charge in [0.2, 0.25) is 0 Å². The molecule has 1 heteroatoms. The third-order valence-electron chi connectivity index (χ3n) is 3.11. The van der Waals surface area contributed by atoms with Crippen LogP contribution in [0.5, 0.6) is 0 Å². The largest absolute Gasteiger partial charge is 0.299 e. The highest BCUT2D eigenvalue weighted by Gasteiger charge is 2.17. The first-order chi connectivity index (χ1) is 8.20. The summed E-state index contributed by atoms with van der Waals surface area (Å²) in [5.41, 5.74) is 4.06. The van der Waals surface area contributed by atoms with Gasteiger partial charge in [0.1, 0.15) is 0 Å². The van der Waals surface area contributed by atoms with Gasteiger partial charge < -0.3 is 0 Å². The van der Waals surface area contributed by atoms with Crippen molar-refractivity contribution in [3.8, 4) is 0 Å². The number of benzene rings is 2. The highest BCUT2D eigenvalue weighted by atomic mass is 15.3. The Morgan fingerprint density at radius 3 is 2.00 bits per heavy atom. The topological polar surface area (TPSA) is 3.24 Å². The van der Waals surface area contributed by atoms with Crippen LogP contribution < -0.4 is 0 Å². The van der Waals surface area contributed by atoms with E-state index in [1.54, 1.807) is 0 Å². The van der Waals surface area contributed by atoms with E-state index in [2.05, 4.69) is 80.5 Å². The lowest BCUT2D eigenvalue weighted by molar-refractivity contribution is 0.341. The molecule has 0 saturated carbocycles. The van der Waals surface area contributed by atoms with Crippen molar-refractivity contribution in [2.45, 2.75) is 13.0 Å². The molecule has 2 rings (SSSR count). The van der Waals surface area contributed by atoms with E-state index < -0.39 is 0 Å². The number of rotatable bonds is 3. The predicted molar refractivity (Wildman–Crippen MR) is 73.2 cm³/mol. The number of aryl methyl sites for hydroxylation is 1. The lowest BCUT2D eigenvalue weighted by Gasteiger charge is -2.26. The number of hydrogen-bond acceptors (Lipinski definition) is 1. The van der Waals surface area contributed by atoms with E-state index in [0.29, 0.717) is 6.04 Å². The molecule has 0 aliphatic heterocycles. The molecular weight excluding hydrogens is 207 g/mol. The van der Waals surface area contributed by atoms with E-state index in [4.69, 9.17) is 0 Å². The fraction of sp³-hybridized carbons (Fsp3) is 0.250. The Morgan fingerprint density at radius 2 is 1.41 bits per heavy atom. The van der Waals surface area contributed by atoms with Crippen LogP contribution in [0, 0.1) is 6.92 Å². The van der Waals surface area contributed by atoms with Crippen LogP contribution in [0.4, 0.5) is 0 Å². The normalized spacial score (nSPS) is 12.7. The lowest BCUT2D eigenvalue weighted by atomic mass is 10.1. The van der Waals surface area contributed by atoms with Crippen LogP contribution >= 0.6 is 0 Å². The Labute approximate surface area is 104 Å². The summed E-state index contributed by atoms with van der Waals surface area (Å²) in [4.78, 5) is 2.26. The molecule has 0 N–H and O–H groups in total. The molecule has 0 aromatic heterocycles. The monoisotopic (exact) mass is 226 g/mol. The van der Waals surface area contributed by atoms with E-state index in [1.165, 1.54) is 16.7 Å². The Balaban J connectivity index is 2.47. The maximum absolute atomic E-state index is 2.26. The minimum atomic E-state index is 0.331. The first kappa shape index (κ1) is 11.9. The molecule has 17 heavy (non-hydrogen) atoms. The van der Waals surface area contributed by atoms with Gasteiger partial charge in [-0.3, -0.25) is 4.90 Å². The maximum atomic E-state index is 2.26. The van der Waals surface area contributed by atoms with Gasteiger partial charge in [-0.15, -0.1) is 0 Å². The summed E-state index contributed by atoms with van der Waals surface area (Å²) >= 11 is 0. The molecule has 1 unspecified atom stereocenters. The summed E-state index contributed by atoms with van der Waals surface area (Å²) in [7, 11) is 4.26. The van der Waals surface area contributed by atoms with Gasteiger partial charge in [-0.1, -0.05) is 54.6 Å². The van der Waals surface area contributed by atoms with Crippen LogP contribution in [-0.2, 0) is 0 Å². The summed E-state index contributed by atoms with van der Waals surface area (Å²) in [6.07, 6.45) is 0. The van der Waals surface area contributed by atoms with Crippen molar-refractivity contribution in [1.82, 2.24) is 4.90 Å². The number of nitrogens with zero attached hydrogens (tertiary/aromatic N) is 1. The van der Waals surface area contributed by atoms with Crippen molar-refractivity contribution >= 4 is 0 Å². The van der Waals surface area contributed by atoms with Gasteiger partial charge in [-0.2, -0.15) is 0 Å².